The van der Waals surface area contributed by atoms with Gasteiger partial charge in [-0.15, -0.1) is 6.04 Å². The molecule has 1 aromatic rings. The molecule has 1 saturated heterocycles. The van der Waals surface area contributed by atoms with Crippen molar-refractivity contribution < 1.29 is 42.0 Å². The molecule has 1 heterocycles. The summed E-state index contributed by atoms with van der Waals surface area (Å²) in [6.45, 7) is 16.0. The molecule has 5 heteroatoms. The van der Waals surface area contributed by atoms with Crippen LogP contribution in [0.4, 0.5) is 5.69 Å². The van der Waals surface area contributed by atoms with Gasteiger partial charge in [0.1, 0.15) is 0 Å². The van der Waals surface area contributed by atoms with E-state index in [9.17, 15) is 0 Å². The van der Waals surface area contributed by atoms with E-state index in [0.29, 0.717) is 0 Å². The van der Waals surface area contributed by atoms with Crippen molar-refractivity contribution in [2.24, 2.45) is 0 Å². The Bertz CT molecular complexity index is 446. The van der Waals surface area contributed by atoms with Crippen LogP contribution in [0.3, 0.4) is 0 Å². The van der Waals surface area contributed by atoms with Gasteiger partial charge in [-0.1, -0.05) is 12.1 Å². The summed E-state index contributed by atoms with van der Waals surface area (Å²) in [5.74, 6) is 0. The van der Waals surface area contributed by atoms with E-state index in [0.717, 1.165) is 17.6 Å². The van der Waals surface area contributed by atoms with E-state index in [4.69, 9.17) is 9.31 Å². The average Bonchev–Trinajstić information content (AvgIpc) is 2.59. The van der Waals surface area contributed by atoms with Crippen LogP contribution in [0.25, 0.3) is 0 Å². The van der Waals surface area contributed by atoms with Gasteiger partial charge >= 0.3 is 7.12 Å². The Morgan fingerprint density at radius 1 is 1.10 bits per heavy atom. The summed E-state index contributed by atoms with van der Waals surface area (Å²) < 4.78 is 12.1. The molecule has 1 N–H and O–H groups in total. The normalized spacial score (nSPS) is 20.8. The van der Waals surface area contributed by atoms with Gasteiger partial charge in [-0.25, -0.2) is 0 Å². The van der Waals surface area contributed by atoms with Crippen molar-refractivity contribution in [3.05, 3.63) is 38.1 Å². The predicted octanol–water partition coefficient (Wildman–Crippen LogP) is 2.82. The molecule has 1 aromatic carbocycles. The molecule has 0 aromatic heterocycles. The van der Waals surface area contributed by atoms with E-state index in [-0.39, 0.29) is 57.1 Å². The standard InChI is InChI=1S/C16H24BNO2.Y/c1-7-12(2)18-14-10-8-13(9-11-14)17-19-15(3,4)16(5,6)20-17;/h8-12,18H,1-2,7H2,3-6H3;/q-2;. The summed E-state index contributed by atoms with van der Waals surface area (Å²) in [7, 11) is -0.308. The third-order valence-electron chi connectivity index (χ3n) is 4.16. The third kappa shape index (κ3) is 4.31. The van der Waals surface area contributed by atoms with Crippen LogP contribution in [0, 0.1) is 13.8 Å². The van der Waals surface area contributed by atoms with Crippen molar-refractivity contribution in [1.82, 2.24) is 0 Å². The van der Waals surface area contributed by atoms with Gasteiger partial charge in [0, 0.05) is 38.4 Å². The van der Waals surface area contributed by atoms with Crippen LogP contribution in [0.15, 0.2) is 24.3 Å². The summed E-state index contributed by atoms with van der Waals surface area (Å²) >= 11 is 0. The minimum atomic E-state index is -0.308. The fraction of sp³-hybridized carbons (Fsp3) is 0.500. The van der Waals surface area contributed by atoms with Gasteiger partial charge in [0.05, 0.1) is 11.2 Å². The Morgan fingerprint density at radius 3 is 2.00 bits per heavy atom. The van der Waals surface area contributed by atoms with Crippen LogP contribution >= 0.6 is 0 Å². The minimum absolute atomic E-state index is 0. The first kappa shape index (κ1) is 19.2. The van der Waals surface area contributed by atoms with Gasteiger partial charge in [0.25, 0.3) is 0 Å². The first-order valence-corrected chi connectivity index (χ1v) is 7.09. The Kier molecular flexibility index (Phi) is 6.50. The van der Waals surface area contributed by atoms with E-state index in [1.165, 1.54) is 0 Å². The first-order chi connectivity index (χ1) is 9.25. The molecular formula is C16H24BNO2Y-2. The van der Waals surface area contributed by atoms with Gasteiger partial charge in [0.2, 0.25) is 0 Å². The molecule has 0 saturated carbocycles. The van der Waals surface area contributed by atoms with Crippen molar-refractivity contribution >= 4 is 18.3 Å². The number of hydrogen-bond acceptors (Lipinski definition) is 3. The van der Waals surface area contributed by atoms with Crippen LogP contribution in [-0.4, -0.2) is 24.4 Å². The fourth-order valence-corrected chi connectivity index (χ4v) is 2.02. The molecule has 1 unspecified atom stereocenters. The summed E-state index contributed by atoms with van der Waals surface area (Å²) in [6, 6.07) is 8.22. The Labute approximate surface area is 154 Å². The summed E-state index contributed by atoms with van der Waals surface area (Å²) in [6.07, 6.45) is 0.749. The van der Waals surface area contributed by atoms with Crippen molar-refractivity contribution in [2.45, 2.75) is 51.4 Å². The smallest absolute Gasteiger partial charge is 0.415 e. The number of nitrogens with one attached hydrogen (secondary N) is 1. The van der Waals surface area contributed by atoms with Gasteiger partial charge < -0.3 is 28.5 Å². The van der Waals surface area contributed by atoms with Crippen molar-refractivity contribution in [2.75, 3.05) is 5.32 Å². The molecule has 1 fully saturated rings. The second kappa shape index (κ2) is 7.12. The molecule has 2 rings (SSSR count). The Balaban J connectivity index is 0.00000220. The molecule has 113 valence electrons. The summed E-state index contributed by atoms with van der Waals surface area (Å²) in [5.41, 5.74) is 1.46. The Morgan fingerprint density at radius 2 is 1.57 bits per heavy atom. The number of anilines is 1. The van der Waals surface area contributed by atoms with Gasteiger partial charge in [-0.05, 0) is 45.3 Å². The van der Waals surface area contributed by atoms with Crippen molar-refractivity contribution in [3.8, 4) is 0 Å². The van der Waals surface area contributed by atoms with Crippen molar-refractivity contribution in [1.29, 1.82) is 0 Å². The quantitative estimate of drug-likeness (QED) is 0.660. The second-order valence-corrected chi connectivity index (χ2v) is 6.34. The largest absolute Gasteiger partial charge is 0.494 e. The topological polar surface area (TPSA) is 30.5 Å². The second-order valence-electron chi connectivity index (χ2n) is 6.34. The molecule has 0 bridgehead atoms. The van der Waals surface area contributed by atoms with Gasteiger partial charge in [-0.2, -0.15) is 6.42 Å². The van der Waals surface area contributed by atoms with Crippen LogP contribution in [-0.2, 0) is 42.0 Å². The van der Waals surface area contributed by atoms with E-state index < -0.39 is 0 Å². The SMILES string of the molecule is [CH2-]CC([CH2-])Nc1ccc(B2OC(C)(C)C(C)(C)O2)cc1.[Y]. The molecule has 0 aliphatic carbocycles. The molecule has 0 amide bonds. The molecular weight excluding hydrogens is 338 g/mol. The minimum Gasteiger partial charge on any atom is -0.415 e. The molecule has 3 nitrogen and oxygen atoms in total. The predicted molar refractivity (Wildman–Crippen MR) is 84.9 cm³/mol. The molecule has 1 aliphatic rings. The maximum Gasteiger partial charge on any atom is 0.494 e. The molecule has 1 radical (unpaired) electrons. The van der Waals surface area contributed by atoms with E-state index >= 15 is 0 Å². The zero-order valence-electron chi connectivity index (χ0n) is 13.5. The maximum absolute atomic E-state index is 6.03. The van der Waals surface area contributed by atoms with E-state index in [1.54, 1.807) is 0 Å². The fourth-order valence-electron chi connectivity index (χ4n) is 2.02. The average molecular weight is 362 g/mol. The van der Waals surface area contributed by atoms with Crippen LogP contribution in [0.5, 0.6) is 0 Å². The van der Waals surface area contributed by atoms with E-state index in [2.05, 4.69) is 46.9 Å². The van der Waals surface area contributed by atoms with Crippen molar-refractivity contribution in [3.63, 3.8) is 0 Å². The molecule has 0 spiro atoms. The van der Waals surface area contributed by atoms with Crippen LogP contribution < -0.4 is 10.8 Å². The van der Waals surface area contributed by atoms with Gasteiger partial charge in [-0.3, -0.25) is 0 Å². The van der Waals surface area contributed by atoms with Gasteiger partial charge in [0.15, 0.2) is 0 Å². The third-order valence-corrected chi connectivity index (χ3v) is 4.16. The van der Waals surface area contributed by atoms with Crippen LogP contribution in [0.2, 0.25) is 0 Å². The monoisotopic (exact) mass is 362 g/mol. The first-order valence-electron chi connectivity index (χ1n) is 7.09. The number of benzene rings is 1. The maximum atomic E-state index is 6.03. The number of rotatable bonds is 4. The zero-order valence-corrected chi connectivity index (χ0v) is 16.3. The number of hydrogen-bond donors (Lipinski definition) is 1. The molecule has 1 atom stereocenters. The van der Waals surface area contributed by atoms with E-state index in [1.807, 2.05) is 24.3 Å². The van der Waals surface area contributed by atoms with Crippen LogP contribution in [0.1, 0.15) is 34.1 Å². The molecule has 21 heavy (non-hydrogen) atoms. The molecule has 1 aliphatic heterocycles. The summed E-state index contributed by atoms with van der Waals surface area (Å²) in [4.78, 5) is 0. The summed E-state index contributed by atoms with van der Waals surface area (Å²) in [5, 5.41) is 3.29. The Hall–Kier alpha value is 0.109. The zero-order chi connectivity index (χ0) is 15.0.